The molecule has 8 heteroatoms. The quantitative estimate of drug-likeness (QED) is 0.572. The van der Waals surface area contributed by atoms with Crippen molar-refractivity contribution < 1.29 is 18.7 Å². The molecule has 4 rings (SSSR count). The molecule has 2 heterocycles. The van der Waals surface area contributed by atoms with Crippen LogP contribution >= 0.6 is 11.3 Å². The number of nitrogens with zero attached hydrogens (tertiary/aromatic N) is 3. The van der Waals surface area contributed by atoms with Crippen molar-refractivity contribution in [2.24, 2.45) is 0 Å². The molecule has 0 saturated carbocycles. The second-order valence-corrected chi connectivity index (χ2v) is 7.96. The molecule has 6 nitrogen and oxygen atoms in total. The van der Waals surface area contributed by atoms with Crippen molar-refractivity contribution in [3.63, 3.8) is 0 Å². The van der Waals surface area contributed by atoms with E-state index in [1.54, 1.807) is 4.90 Å². The van der Waals surface area contributed by atoms with Crippen molar-refractivity contribution in [2.45, 2.75) is 6.92 Å². The number of hydrogen-bond acceptors (Lipinski definition) is 6. The average molecular weight is 430 g/mol. The van der Waals surface area contributed by atoms with Gasteiger partial charge < -0.3 is 9.47 Å². The van der Waals surface area contributed by atoms with Gasteiger partial charge in [-0.15, -0.1) is 0 Å². The number of anilines is 1. The number of aromatic nitrogens is 1. The Labute approximate surface area is 178 Å². The molecule has 0 bridgehead atoms. The molecule has 0 aliphatic carbocycles. The van der Waals surface area contributed by atoms with Gasteiger partial charge in [-0.2, -0.15) is 0 Å². The number of morpholine rings is 1. The van der Waals surface area contributed by atoms with Gasteiger partial charge in [-0.3, -0.25) is 14.6 Å². The van der Waals surface area contributed by atoms with Crippen LogP contribution in [0.2, 0.25) is 0 Å². The third-order valence-corrected chi connectivity index (χ3v) is 6.02. The van der Waals surface area contributed by atoms with E-state index >= 15 is 0 Å². The Kier molecular flexibility index (Phi) is 6.56. The summed E-state index contributed by atoms with van der Waals surface area (Å²) < 4.78 is 25.4. The smallest absolute Gasteiger partial charge is 0.260 e. The molecule has 0 radical (unpaired) electrons. The minimum Gasteiger partial charge on any atom is -0.492 e. The van der Waals surface area contributed by atoms with Crippen LogP contribution in [0.3, 0.4) is 0 Å². The third-order valence-electron chi connectivity index (χ3n) is 4.98. The number of fused-ring (bicyclic) bond motifs is 1. The predicted octanol–water partition coefficient (Wildman–Crippen LogP) is 3.81. The number of rotatable bonds is 7. The molecule has 1 saturated heterocycles. The summed E-state index contributed by atoms with van der Waals surface area (Å²) in [5.41, 5.74) is 1.19. The van der Waals surface area contributed by atoms with Gasteiger partial charge >= 0.3 is 0 Å². The van der Waals surface area contributed by atoms with Gasteiger partial charge in [0.25, 0.3) is 5.91 Å². The molecule has 3 aromatic rings. The van der Waals surface area contributed by atoms with Crippen molar-refractivity contribution in [3.8, 4) is 5.75 Å². The summed E-state index contributed by atoms with van der Waals surface area (Å²) >= 11 is 1.45. The maximum absolute atomic E-state index is 13.4. The summed E-state index contributed by atoms with van der Waals surface area (Å²) in [5.74, 6) is 0.146. The molecule has 1 amide bonds. The van der Waals surface area contributed by atoms with Crippen LogP contribution < -0.4 is 9.64 Å². The highest BCUT2D eigenvalue weighted by molar-refractivity contribution is 7.22. The molecule has 0 atom stereocenters. The first-order valence-corrected chi connectivity index (χ1v) is 10.9. The van der Waals surface area contributed by atoms with E-state index in [4.69, 9.17) is 14.5 Å². The fraction of sp³-hybridized carbons (Fsp3) is 0.364. The lowest BCUT2D eigenvalue weighted by Gasteiger charge is -2.29. The molecular weight excluding hydrogens is 405 g/mol. The summed E-state index contributed by atoms with van der Waals surface area (Å²) in [7, 11) is 0. The van der Waals surface area contributed by atoms with Crippen molar-refractivity contribution in [3.05, 3.63) is 53.8 Å². The zero-order chi connectivity index (χ0) is 20.9. The molecule has 2 aromatic carbocycles. The SMILES string of the molecule is CCOc1cccc2sc(N(CCN3CCOCC3)C(=O)c3ccc(F)cc3)nc12. The summed E-state index contributed by atoms with van der Waals surface area (Å²) in [6.45, 7) is 6.75. The number of hydrogen-bond donors (Lipinski definition) is 0. The lowest BCUT2D eigenvalue weighted by Crippen LogP contribution is -2.43. The van der Waals surface area contributed by atoms with Crippen LogP contribution in [0, 0.1) is 5.82 Å². The van der Waals surface area contributed by atoms with Gasteiger partial charge in [-0.1, -0.05) is 17.4 Å². The van der Waals surface area contributed by atoms with Gasteiger partial charge in [0.1, 0.15) is 17.1 Å². The van der Waals surface area contributed by atoms with Crippen LogP contribution in [-0.4, -0.2) is 61.8 Å². The molecule has 0 spiro atoms. The summed E-state index contributed by atoms with van der Waals surface area (Å²) in [4.78, 5) is 22.0. The molecule has 1 aliphatic rings. The van der Waals surface area contributed by atoms with E-state index in [2.05, 4.69) is 4.90 Å². The Hall–Kier alpha value is -2.55. The summed E-state index contributed by atoms with van der Waals surface area (Å²) in [5, 5.41) is 0.611. The van der Waals surface area contributed by atoms with Crippen LogP contribution in [0.1, 0.15) is 17.3 Å². The highest BCUT2D eigenvalue weighted by Crippen LogP contribution is 2.34. The Morgan fingerprint density at radius 1 is 1.23 bits per heavy atom. The topological polar surface area (TPSA) is 54.9 Å². The number of thiazole rings is 1. The fourth-order valence-corrected chi connectivity index (χ4v) is 4.41. The van der Waals surface area contributed by atoms with Crippen molar-refractivity contribution in [1.29, 1.82) is 0 Å². The largest absolute Gasteiger partial charge is 0.492 e. The highest BCUT2D eigenvalue weighted by Gasteiger charge is 2.23. The average Bonchev–Trinajstić information content (AvgIpc) is 3.20. The molecule has 1 fully saturated rings. The van der Waals surface area contributed by atoms with Gasteiger partial charge in [0, 0.05) is 31.7 Å². The zero-order valence-electron chi connectivity index (χ0n) is 16.8. The number of carbonyl (C=O) groups is 1. The lowest BCUT2D eigenvalue weighted by molar-refractivity contribution is 0.0391. The molecule has 0 unspecified atom stereocenters. The Balaban J connectivity index is 1.65. The molecule has 158 valence electrons. The first-order valence-electron chi connectivity index (χ1n) is 10.1. The van der Waals surface area contributed by atoms with E-state index in [-0.39, 0.29) is 11.7 Å². The number of ether oxygens (including phenoxy) is 2. The maximum atomic E-state index is 13.4. The third kappa shape index (κ3) is 4.61. The lowest BCUT2D eigenvalue weighted by atomic mass is 10.2. The number of benzene rings is 2. The summed E-state index contributed by atoms with van der Waals surface area (Å²) in [6.07, 6.45) is 0. The van der Waals surface area contributed by atoms with E-state index < -0.39 is 0 Å². The van der Waals surface area contributed by atoms with Crippen LogP contribution in [0.25, 0.3) is 10.2 Å². The Bertz CT molecular complexity index is 1000. The summed E-state index contributed by atoms with van der Waals surface area (Å²) in [6, 6.07) is 11.4. The number of para-hydroxylation sites is 1. The monoisotopic (exact) mass is 429 g/mol. The molecule has 1 aromatic heterocycles. The normalized spacial score (nSPS) is 14.7. The number of halogens is 1. The second kappa shape index (κ2) is 9.51. The minimum atomic E-state index is -0.368. The first kappa shape index (κ1) is 20.7. The van der Waals surface area contributed by atoms with E-state index in [0.717, 1.165) is 23.3 Å². The van der Waals surface area contributed by atoms with Crippen LogP contribution in [0.5, 0.6) is 5.75 Å². The maximum Gasteiger partial charge on any atom is 0.260 e. The Morgan fingerprint density at radius 3 is 2.73 bits per heavy atom. The zero-order valence-corrected chi connectivity index (χ0v) is 17.7. The van der Waals surface area contributed by atoms with Gasteiger partial charge in [0.05, 0.1) is 24.5 Å². The molecule has 0 N–H and O–H groups in total. The van der Waals surface area contributed by atoms with Gasteiger partial charge in [-0.25, -0.2) is 9.37 Å². The Morgan fingerprint density at radius 2 is 2.00 bits per heavy atom. The molecule has 1 aliphatic heterocycles. The minimum absolute atomic E-state index is 0.194. The van der Waals surface area contributed by atoms with E-state index in [0.29, 0.717) is 49.4 Å². The standard InChI is InChI=1S/C22H24FN3O3S/c1-2-29-18-4-3-5-19-20(18)24-22(30-19)26(11-10-25-12-14-28-15-13-25)21(27)16-6-8-17(23)9-7-16/h3-9H,2,10-15H2,1H3. The van der Waals surface area contributed by atoms with Gasteiger partial charge in [0.15, 0.2) is 5.13 Å². The second-order valence-electron chi connectivity index (χ2n) is 6.95. The molecule has 30 heavy (non-hydrogen) atoms. The van der Waals surface area contributed by atoms with Crippen molar-refractivity contribution in [1.82, 2.24) is 9.88 Å². The number of amides is 1. The van der Waals surface area contributed by atoms with Crippen LogP contribution in [-0.2, 0) is 4.74 Å². The fourth-order valence-electron chi connectivity index (χ4n) is 3.40. The van der Waals surface area contributed by atoms with E-state index in [9.17, 15) is 9.18 Å². The first-order chi connectivity index (χ1) is 14.7. The van der Waals surface area contributed by atoms with Crippen molar-refractivity contribution >= 4 is 32.6 Å². The molecular formula is C22H24FN3O3S. The highest BCUT2D eigenvalue weighted by atomic mass is 32.1. The van der Waals surface area contributed by atoms with E-state index in [1.807, 2.05) is 25.1 Å². The van der Waals surface area contributed by atoms with Gasteiger partial charge in [-0.05, 0) is 43.3 Å². The predicted molar refractivity (Wildman–Crippen MR) is 116 cm³/mol. The van der Waals surface area contributed by atoms with Gasteiger partial charge in [0.2, 0.25) is 0 Å². The number of carbonyl (C=O) groups excluding carboxylic acids is 1. The van der Waals surface area contributed by atoms with Crippen molar-refractivity contribution in [2.75, 3.05) is 50.9 Å². The van der Waals surface area contributed by atoms with Crippen LogP contribution in [0.4, 0.5) is 9.52 Å². The van der Waals surface area contributed by atoms with Crippen LogP contribution in [0.15, 0.2) is 42.5 Å². The van der Waals surface area contributed by atoms with E-state index in [1.165, 1.54) is 35.6 Å².